The zero-order valence-corrected chi connectivity index (χ0v) is 13.3. The second kappa shape index (κ2) is 8.94. The topological polar surface area (TPSA) is 91.8 Å². The average Bonchev–Trinajstić information content (AvgIpc) is 2.26. The Hall–Kier alpha value is -1.11. The molecule has 0 bridgehead atoms. The van der Waals surface area contributed by atoms with Crippen molar-refractivity contribution < 1.29 is 23.1 Å². The Kier molecular flexibility index (Phi) is 8.45. The van der Waals surface area contributed by atoms with E-state index in [9.17, 15) is 18.0 Å². The Balaban J connectivity index is 4.61. The van der Waals surface area contributed by atoms with Gasteiger partial charge in [0.2, 0.25) is 5.91 Å². The smallest absolute Gasteiger partial charge is 0.323 e. The SMILES string of the molecule is CCCCCS(=O)(=O)CC(=O)N(CC(=O)O)CC(C)C. The van der Waals surface area contributed by atoms with Crippen LogP contribution in [0, 0.1) is 5.92 Å². The molecule has 0 atom stereocenters. The van der Waals surface area contributed by atoms with Crippen LogP contribution in [0.1, 0.15) is 40.0 Å². The molecule has 6 nitrogen and oxygen atoms in total. The number of carboxylic acid groups (broad SMARTS) is 1. The molecule has 0 aliphatic carbocycles. The minimum Gasteiger partial charge on any atom is -0.480 e. The number of sulfone groups is 1. The molecule has 0 saturated carbocycles. The molecule has 0 aliphatic rings. The van der Waals surface area contributed by atoms with Gasteiger partial charge < -0.3 is 10.0 Å². The minimum atomic E-state index is -3.45. The van der Waals surface area contributed by atoms with Gasteiger partial charge in [-0.05, 0) is 12.3 Å². The molecule has 0 unspecified atom stereocenters. The van der Waals surface area contributed by atoms with Gasteiger partial charge in [-0.25, -0.2) is 8.42 Å². The second-order valence-electron chi connectivity index (χ2n) is 5.36. The first kappa shape index (κ1) is 18.9. The van der Waals surface area contributed by atoms with Crippen molar-refractivity contribution in [3.63, 3.8) is 0 Å². The van der Waals surface area contributed by atoms with Gasteiger partial charge in [0.25, 0.3) is 0 Å². The first-order valence-electron chi connectivity index (χ1n) is 6.88. The van der Waals surface area contributed by atoms with E-state index in [-0.39, 0.29) is 18.2 Å². The largest absolute Gasteiger partial charge is 0.480 e. The molecule has 0 aromatic heterocycles. The van der Waals surface area contributed by atoms with Crippen LogP contribution >= 0.6 is 0 Å². The van der Waals surface area contributed by atoms with Gasteiger partial charge in [0.1, 0.15) is 12.3 Å². The quantitative estimate of drug-likeness (QED) is 0.611. The number of rotatable bonds is 10. The van der Waals surface area contributed by atoms with Crippen LogP contribution in [0.25, 0.3) is 0 Å². The maximum Gasteiger partial charge on any atom is 0.323 e. The summed E-state index contributed by atoms with van der Waals surface area (Å²) in [5, 5.41) is 8.77. The van der Waals surface area contributed by atoms with Crippen LogP contribution < -0.4 is 0 Å². The number of hydrogen-bond acceptors (Lipinski definition) is 4. The summed E-state index contributed by atoms with van der Waals surface area (Å²) >= 11 is 0. The van der Waals surface area contributed by atoms with E-state index in [2.05, 4.69) is 0 Å². The highest BCUT2D eigenvalue weighted by Crippen LogP contribution is 2.05. The molecule has 20 heavy (non-hydrogen) atoms. The van der Waals surface area contributed by atoms with E-state index in [1.165, 1.54) is 0 Å². The van der Waals surface area contributed by atoms with E-state index in [1.54, 1.807) is 0 Å². The van der Waals surface area contributed by atoms with Gasteiger partial charge in [0, 0.05) is 6.54 Å². The highest BCUT2D eigenvalue weighted by molar-refractivity contribution is 7.92. The summed E-state index contributed by atoms with van der Waals surface area (Å²) in [5.74, 6) is -2.30. The molecule has 0 radical (unpaired) electrons. The van der Waals surface area contributed by atoms with Crippen molar-refractivity contribution in [2.24, 2.45) is 5.92 Å². The Morgan fingerprint density at radius 2 is 1.80 bits per heavy atom. The van der Waals surface area contributed by atoms with E-state index in [0.717, 1.165) is 17.7 Å². The predicted molar refractivity (Wildman–Crippen MR) is 77.2 cm³/mol. The van der Waals surface area contributed by atoms with Crippen molar-refractivity contribution in [2.45, 2.75) is 40.0 Å². The van der Waals surface area contributed by atoms with Crippen molar-refractivity contribution in [3.05, 3.63) is 0 Å². The van der Waals surface area contributed by atoms with Crippen LogP contribution in [0.3, 0.4) is 0 Å². The lowest BCUT2D eigenvalue weighted by Gasteiger charge is -2.22. The molecule has 0 aromatic carbocycles. The normalized spacial score (nSPS) is 11.6. The van der Waals surface area contributed by atoms with E-state index in [4.69, 9.17) is 5.11 Å². The van der Waals surface area contributed by atoms with Crippen molar-refractivity contribution in [2.75, 3.05) is 24.6 Å². The molecule has 0 fully saturated rings. The maximum absolute atomic E-state index is 11.9. The molecule has 7 heteroatoms. The van der Waals surface area contributed by atoms with Crippen LogP contribution in [0.5, 0.6) is 0 Å². The fourth-order valence-corrected chi connectivity index (χ4v) is 3.13. The third-order valence-corrected chi connectivity index (χ3v) is 4.26. The van der Waals surface area contributed by atoms with Crippen LogP contribution in [0.2, 0.25) is 0 Å². The number of aliphatic carboxylic acids is 1. The van der Waals surface area contributed by atoms with Crippen molar-refractivity contribution >= 4 is 21.7 Å². The Morgan fingerprint density at radius 3 is 2.25 bits per heavy atom. The van der Waals surface area contributed by atoms with Crippen LogP contribution in [-0.4, -0.2) is 54.9 Å². The molecule has 1 amide bonds. The molecule has 118 valence electrons. The third-order valence-electron chi connectivity index (χ3n) is 2.67. The summed E-state index contributed by atoms with van der Waals surface area (Å²) in [6.07, 6.45) is 2.25. The van der Waals surface area contributed by atoms with E-state index >= 15 is 0 Å². The molecule has 0 saturated heterocycles. The molecule has 0 aromatic rings. The highest BCUT2D eigenvalue weighted by Gasteiger charge is 2.23. The summed E-state index contributed by atoms with van der Waals surface area (Å²) < 4.78 is 23.6. The van der Waals surface area contributed by atoms with E-state index in [0.29, 0.717) is 6.42 Å². The number of nitrogens with zero attached hydrogens (tertiary/aromatic N) is 1. The number of carbonyl (C=O) groups is 2. The second-order valence-corrected chi connectivity index (χ2v) is 7.55. The number of carbonyl (C=O) groups excluding carboxylic acids is 1. The molecule has 0 rings (SSSR count). The lowest BCUT2D eigenvalue weighted by atomic mass is 10.2. The van der Waals surface area contributed by atoms with Crippen molar-refractivity contribution in [1.82, 2.24) is 4.90 Å². The minimum absolute atomic E-state index is 0.0187. The van der Waals surface area contributed by atoms with Crippen molar-refractivity contribution in [3.8, 4) is 0 Å². The van der Waals surface area contributed by atoms with Crippen LogP contribution in [0.15, 0.2) is 0 Å². The van der Waals surface area contributed by atoms with Gasteiger partial charge >= 0.3 is 5.97 Å². The highest BCUT2D eigenvalue weighted by atomic mass is 32.2. The van der Waals surface area contributed by atoms with Gasteiger partial charge in [-0.2, -0.15) is 0 Å². The van der Waals surface area contributed by atoms with Crippen LogP contribution in [0.4, 0.5) is 0 Å². The van der Waals surface area contributed by atoms with Gasteiger partial charge in [0.05, 0.1) is 5.75 Å². The fraction of sp³-hybridized carbons (Fsp3) is 0.846. The lowest BCUT2D eigenvalue weighted by Crippen LogP contribution is -2.41. The van der Waals surface area contributed by atoms with Gasteiger partial charge in [-0.1, -0.05) is 33.6 Å². The summed E-state index contributed by atoms with van der Waals surface area (Å²) in [5.41, 5.74) is 0. The monoisotopic (exact) mass is 307 g/mol. The zero-order valence-electron chi connectivity index (χ0n) is 12.5. The number of carboxylic acids is 1. The molecule has 0 aliphatic heterocycles. The summed E-state index contributed by atoms with van der Waals surface area (Å²) in [6, 6.07) is 0. The van der Waals surface area contributed by atoms with Gasteiger partial charge in [-0.15, -0.1) is 0 Å². The standard InChI is InChI=1S/C13H25NO5S/c1-4-5-6-7-20(18,19)10-12(15)14(8-11(2)3)9-13(16)17/h11H,4-10H2,1-3H3,(H,16,17). The molecular weight excluding hydrogens is 282 g/mol. The number of amides is 1. The van der Waals surface area contributed by atoms with Gasteiger partial charge in [0.15, 0.2) is 9.84 Å². The Bertz CT molecular complexity index is 416. The Labute approximate surface area is 121 Å². The lowest BCUT2D eigenvalue weighted by molar-refractivity contribution is -0.143. The molecule has 0 heterocycles. The Morgan fingerprint density at radius 1 is 1.20 bits per heavy atom. The molecule has 0 spiro atoms. The van der Waals surface area contributed by atoms with Crippen LogP contribution in [-0.2, 0) is 19.4 Å². The van der Waals surface area contributed by atoms with Gasteiger partial charge in [-0.3, -0.25) is 9.59 Å². The van der Waals surface area contributed by atoms with Crippen molar-refractivity contribution in [1.29, 1.82) is 0 Å². The van der Waals surface area contributed by atoms with E-state index < -0.39 is 34.0 Å². The third kappa shape index (κ3) is 8.90. The average molecular weight is 307 g/mol. The number of hydrogen-bond donors (Lipinski definition) is 1. The zero-order chi connectivity index (χ0) is 15.8. The maximum atomic E-state index is 11.9. The fourth-order valence-electron chi connectivity index (χ4n) is 1.78. The molecular formula is C13H25NO5S. The molecule has 1 N–H and O–H groups in total. The summed E-state index contributed by atoms with van der Waals surface area (Å²) in [4.78, 5) is 23.8. The summed E-state index contributed by atoms with van der Waals surface area (Å²) in [6.45, 7) is 5.45. The predicted octanol–water partition coefficient (Wildman–Crippen LogP) is 1.16. The van der Waals surface area contributed by atoms with E-state index in [1.807, 2.05) is 20.8 Å². The number of unbranched alkanes of at least 4 members (excludes halogenated alkanes) is 2. The summed E-state index contributed by atoms with van der Waals surface area (Å²) in [7, 11) is -3.45. The first-order chi connectivity index (χ1) is 9.18. The first-order valence-corrected chi connectivity index (χ1v) is 8.70.